The molecule has 0 saturated heterocycles. The van der Waals surface area contributed by atoms with Gasteiger partial charge in [0.15, 0.2) is 5.52 Å². The lowest BCUT2D eigenvalue weighted by molar-refractivity contribution is -0.116. The number of amides is 1. The van der Waals surface area contributed by atoms with Crippen molar-refractivity contribution in [3.05, 3.63) is 56.3 Å². The molecule has 1 N–H and O–H groups in total. The molecule has 3 aromatic rings. The second kappa shape index (κ2) is 6.60. The molecule has 3 rings (SSSR count). The first-order chi connectivity index (χ1) is 11.9. The summed E-state index contributed by atoms with van der Waals surface area (Å²) in [4.78, 5) is 37.3. The topological polar surface area (TPSA) is 86.0 Å². The van der Waals surface area contributed by atoms with E-state index in [1.54, 1.807) is 25.3 Å². The molecule has 9 heteroatoms. The van der Waals surface area contributed by atoms with Crippen LogP contribution in [-0.2, 0) is 11.3 Å². The molecule has 130 valence electrons. The lowest BCUT2D eigenvalue weighted by atomic mass is 10.3. The van der Waals surface area contributed by atoms with Crippen LogP contribution in [0.25, 0.3) is 11.0 Å². The highest BCUT2D eigenvalue weighted by atomic mass is 32.1. The van der Waals surface area contributed by atoms with Crippen LogP contribution in [0.5, 0.6) is 0 Å². The highest BCUT2D eigenvalue weighted by Crippen LogP contribution is 2.12. The van der Waals surface area contributed by atoms with Gasteiger partial charge in [0.1, 0.15) is 12.4 Å². The minimum atomic E-state index is -0.581. The standard InChI is InChI=1S/C16H15FN4O3S/c1-9(2)21-15(23)14-12(8-25-19-14)20(16(21)24)7-13(22)18-11-5-3-4-10(17)6-11/h3-6,8-9H,7H2,1-2H3,(H,18,22). The Morgan fingerprint density at radius 1 is 1.36 bits per heavy atom. The minimum absolute atomic E-state index is 0.150. The fourth-order valence-corrected chi connectivity index (χ4v) is 3.19. The van der Waals surface area contributed by atoms with E-state index in [2.05, 4.69) is 9.69 Å². The van der Waals surface area contributed by atoms with Crippen LogP contribution in [0.15, 0.2) is 39.2 Å². The third-order valence-electron chi connectivity index (χ3n) is 3.63. The molecule has 7 nitrogen and oxygen atoms in total. The number of nitrogens with zero attached hydrogens (tertiary/aromatic N) is 3. The Balaban J connectivity index is 2.01. The van der Waals surface area contributed by atoms with Crippen LogP contribution in [0.1, 0.15) is 19.9 Å². The van der Waals surface area contributed by atoms with Gasteiger partial charge < -0.3 is 5.32 Å². The SMILES string of the molecule is CC(C)n1c(=O)c2nscc2n(CC(=O)Nc2cccc(F)c2)c1=O. The molecule has 0 atom stereocenters. The van der Waals surface area contributed by atoms with Crippen molar-refractivity contribution in [3.63, 3.8) is 0 Å². The summed E-state index contributed by atoms with van der Waals surface area (Å²) in [6, 6.07) is 5.08. The molecule has 1 amide bonds. The van der Waals surface area contributed by atoms with Gasteiger partial charge in [-0.1, -0.05) is 6.07 Å². The van der Waals surface area contributed by atoms with E-state index in [9.17, 15) is 18.8 Å². The molecule has 0 bridgehead atoms. The lowest BCUT2D eigenvalue weighted by Crippen LogP contribution is -2.42. The van der Waals surface area contributed by atoms with E-state index in [-0.39, 0.29) is 23.8 Å². The van der Waals surface area contributed by atoms with Crippen LogP contribution in [0.2, 0.25) is 0 Å². The van der Waals surface area contributed by atoms with Gasteiger partial charge in [0.05, 0.1) is 5.52 Å². The van der Waals surface area contributed by atoms with Crippen LogP contribution < -0.4 is 16.6 Å². The summed E-state index contributed by atoms with van der Waals surface area (Å²) in [6.45, 7) is 3.10. The maximum Gasteiger partial charge on any atom is 0.332 e. The molecule has 0 spiro atoms. The van der Waals surface area contributed by atoms with Crippen molar-refractivity contribution in [1.82, 2.24) is 13.5 Å². The largest absolute Gasteiger partial charge is 0.332 e. The van der Waals surface area contributed by atoms with Gasteiger partial charge in [-0.25, -0.2) is 9.18 Å². The summed E-state index contributed by atoms with van der Waals surface area (Å²) >= 11 is 1.04. The molecule has 2 heterocycles. The number of rotatable bonds is 4. The molecular formula is C16H15FN4O3S. The smallest absolute Gasteiger partial charge is 0.324 e. The van der Waals surface area contributed by atoms with Crippen LogP contribution >= 0.6 is 11.5 Å². The molecule has 25 heavy (non-hydrogen) atoms. The molecule has 0 fully saturated rings. The number of carbonyl (C=O) groups excluding carboxylic acids is 1. The van der Waals surface area contributed by atoms with E-state index in [1.807, 2.05) is 0 Å². The molecule has 2 aromatic heterocycles. The van der Waals surface area contributed by atoms with Gasteiger partial charge in [0.25, 0.3) is 5.56 Å². The quantitative estimate of drug-likeness (QED) is 0.769. The van der Waals surface area contributed by atoms with Gasteiger partial charge in [0.2, 0.25) is 5.91 Å². The van der Waals surface area contributed by atoms with Crippen LogP contribution in [0.3, 0.4) is 0 Å². The van der Waals surface area contributed by atoms with E-state index in [1.165, 1.54) is 22.8 Å². The summed E-state index contributed by atoms with van der Waals surface area (Å²) in [7, 11) is 0. The van der Waals surface area contributed by atoms with Crippen molar-refractivity contribution in [2.75, 3.05) is 5.32 Å². The zero-order chi connectivity index (χ0) is 18.1. The van der Waals surface area contributed by atoms with Crippen molar-refractivity contribution < 1.29 is 9.18 Å². The van der Waals surface area contributed by atoms with Gasteiger partial charge in [-0.15, -0.1) is 0 Å². The molecule has 0 saturated carbocycles. The molecule has 0 aliphatic heterocycles. The number of aromatic nitrogens is 3. The predicted octanol–water partition coefficient (Wildman–Crippen LogP) is 1.98. The summed E-state index contributed by atoms with van der Waals surface area (Å²) in [5.41, 5.74) is -0.307. The molecule has 0 aliphatic carbocycles. The van der Waals surface area contributed by atoms with Gasteiger partial charge in [-0.3, -0.25) is 18.7 Å². The van der Waals surface area contributed by atoms with Crippen molar-refractivity contribution >= 4 is 34.2 Å². The van der Waals surface area contributed by atoms with E-state index < -0.39 is 23.0 Å². The predicted molar refractivity (Wildman–Crippen MR) is 93.6 cm³/mol. The zero-order valence-electron chi connectivity index (χ0n) is 13.5. The fourth-order valence-electron chi connectivity index (χ4n) is 2.52. The normalized spacial score (nSPS) is 11.2. The second-order valence-electron chi connectivity index (χ2n) is 5.74. The zero-order valence-corrected chi connectivity index (χ0v) is 14.3. The monoisotopic (exact) mass is 362 g/mol. The summed E-state index contributed by atoms with van der Waals surface area (Å²) in [5, 5.41) is 4.09. The average molecular weight is 362 g/mol. The first kappa shape index (κ1) is 17.0. The third kappa shape index (κ3) is 3.22. The Morgan fingerprint density at radius 2 is 2.12 bits per heavy atom. The van der Waals surface area contributed by atoms with Crippen molar-refractivity contribution in [3.8, 4) is 0 Å². The van der Waals surface area contributed by atoms with E-state index in [0.717, 1.165) is 16.1 Å². The van der Waals surface area contributed by atoms with E-state index >= 15 is 0 Å². The minimum Gasteiger partial charge on any atom is -0.324 e. The first-order valence-corrected chi connectivity index (χ1v) is 8.37. The summed E-state index contributed by atoms with van der Waals surface area (Å²) in [5.74, 6) is -0.984. The number of carbonyl (C=O) groups is 1. The summed E-state index contributed by atoms with van der Waals surface area (Å²) < 4.78 is 19.5. The number of anilines is 1. The van der Waals surface area contributed by atoms with Crippen LogP contribution in [0.4, 0.5) is 10.1 Å². The van der Waals surface area contributed by atoms with Crippen molar-refractivity contribution in [2.24, 2.45) is 0 Å². The van der Waals surface area contributed by atoms with Gasteiger partial charge in [0, 0.05) is 17.1 Å². The number of nitrogens with one attached hydrogen (secondary N) is 1. The first-order valence-electron chi connectivity index (χ1n) is 7.53. The molecule has 1 aromatic carbocycles. The molecule has 0 aliphatic rings. The maximum absolute atomic E-state index is 13.2. The van der Waals surface area contributed by atoms with Crippen molar-refractivity contribution in [2.45, 2.75) is 26.4 Å². The maximum atomic E-state index is 13.2. The fraction of sp³-hybridized carbons (Fsp3) is 0.250. The van der Waals surface area contributed by atoms with Crippen LogP contribution in [0, 0.1) is 5.82 Å². The number of fused-ring (bicyclic) bond motifs is 1. The third-order valence-corrected chi connectivity index (χ3v) is 4.24. The Hall–Kier alpha value is -2.81. The number of hydrogen-bond donors (Lipinski definition) is 1. The van der Waals surface area contributed by atoms with Gasteiger partial charge >= 0.3 is 5.69 Å². The van der Waals surface area contributed by atoms with Gasteiger partial charge in [-0.05, 0) is 43.6 Å². The van der Waals surface area contributed by atoms with E-state index in [0.29, 0.717) is 5.52 Å². The summed E-state index contributed by atoms with van der Waals surface area (Å²) in [6.07, 6.45) is 0. The number of halogens is 1. The van der Waals surface area contributed by atoms with E-state index in [4.69, 9.17) is 0 Å². The number of benzene rings is 1. The molecular weight excluding hydrogens is 347 g/mol. The molecule has 0 unspecified atom stereocenters. The Bertz CT molecular complexity index is 1070. The average Bonchev–Trinajstić information content (AvgIpc) is 3.01. The highest BCUT2D eigenvalue weighted by molar-refractivity contribution is 7.04. The lowest BCUT2D eigenvalue weighted by Gasteiger charge is -2.14. The molecule has 0 radical (unpaired) electrons. The Kier molecular flexibility index (Phi) is 4.49. The Labute approximate surface area is 145 Å². The van der Waals surface area contributed by atoms with Crippen molar-refractivity contribution in [1.29, 1.82) is 0 Å². The second-order valence-corrected chi connectivity index (χ2v) is 6.37. The Morgan fingerprint density at radius 3 is 2.80 bits per heavy atom. The highest BCUT2D eigenvalue weighted by Gasteiger charge is 2.18. The number of hydrogen-bond acceptors (Lipinski definition) is 5. The van der Waals surface area contributed by atoms with Crippen LogP contribution in [-0.4, -0.2) is 19.4 Å². The van der Waals surface area contributed by atoms with Gasteiger partial charge in [-0.2, -0.15) is 4.37 Å².